The van der Waals surface area contributed by atoms with E-state index >= 15 is 0 Å². The Kier molecular flexibility index (Phi) is 51.9. The van der Waals surface area contributed by atoms with Crippen molar-refractivity contribution in [1.82, 2.24) is 5.32 Å². The molecule has 6 nitrogen and oxygen atoms in total. The summed E-state index contributed by atoms with van der Waals surface area (Å²) in [6.07, 6.45) is 58.8. The molecule has 0 aromatic carbocycles. The highest BCUT2D eigenvalue weighted by molar-refractivity contribution is 5.77. The SMILES string of the molecule is CCCCCCCCCCCCCCCCCCC(=O)OC(CCCCCCCCCCCCCCCCCC)CC(=O)NC(CO)C(O)CCCCCCCCCCCCCCC. The molecule has 0 heterocycles. The molecule has 0 saturated carbocycles. The number of amides is 1. The minimum atomic E-state index is -0.780. The molecule has 64 heavy (non-hydrogen) atoms. The number of unbranched alkanes of at least 4 members (excludes halogenated alkanes) is 42. The van der Waals surface area contributed by atoms with Crippen molar-refractivity contribution >= 4 is 11.9 Å². The zero-order chi connectivity index (χ0) is 46.7. The van der Waals surface area contributed by atoms with Crippen LogP contribution in [0.4, 0.5) is 0 Å². The van der Waals surface area contributed by atoms with Crippen molar-refractivity contribution in [3.05, 3.63) is 0 Å². The van der Waals surface area contributed by atoms with Crippen molar-refractivity contribution in [1.29, 1.82) is 0 Å². The Morgan fingerprint density at radius 3 is 0.953 bits per heavy atom. The average molecular weight is 907 g/mol. The van der Waals surface area contributed by atoms with Crippen molar-refractivity contribution in [2.75, 3.05) is 6.61 Å². The van der Waals surface area contributed by atoms with Gasteiger partial charge >= 0.3 is 5.97 Å². The third-order valence-corrected chi connectivity index (χ3v) is 13.9. The van der Waals surface area contributed by atoms with Crippen molar-refractivity contribution in [3.63, 3.8) is 0 Å². The van der Waals surface area contributed by atoms with Gasteiger partial charge in [0.2, 0.25) is 5.91 Å². The number of hydrogen-bond acceptors (Lipinski definition) is 5. The first kappa shape index (κ1) is 62.9. The maximum Gasteiger partial charge on any atom is 0.306 e. The molecule has 0 aromatic heterocycles. The first-order chi connectivity index (χ1) is 31.5. The Morgan fingerprint density at radius 2 is 0.656 bits per heavy atom. The van der Waals surface area contributed by atoms with Crippen LogP contribution in [0.3, 0.4) is 0 Å². The number of hydrogen-bond donors (Lipinski definition) is 3. The minimum Gasteiger partial charge on any atom is -0.462 e. The molecule has 0 saturated heterocycles. The van der Waals surface area contributed by atoms with E-state index < -0.39 is 18.2 Å². The standard InChI is InChI=1S/C58H115NO5/c1-4-7-10-13-16-19-22-25-27-29-32-34-37-40-43-46-49-54(64-58(63)51-48-45-42-39-36-33-30-28-26-23-20-17-14-11-8-5-2)52-57(62)59-55(53-60)56(61)50-47-44-41-38-35-31-24-21-18-15-12-9-6-3/h54-56,60-61H,4-53H2,1-3H3,(H,59,62). The summed E-state index contributed by atoms with van der Waals surface area (Å²) >= 11 is 0. The van der Waals surface area contributed by atoms with Gasteiger partial charge in [-0.3, -0.25) is 9.59 Å². The molecule has 0 aliphatic heterocycles. The maximum atomic E-state index is 13.3. The number of nitrogens with one attached hydrogen (secondary N) is 1. The molecule has 1 amide bonds. The van der Waals surface area contributed by atoms with Crippen LogP contribution in [0.2, 0.25) is 0 Å². The van der Waals surface area contributed by atoms with Crippen LogP contribution in [0.5, 0.6) is 0 Å². The summed E-state index contributed by atoms with van der Waals surface area (Å²) in [5.41, 5.74) is 0. The lowest BCUT2D eigenvalue weighted by atomic mass is 10.0. The highest BCUT2D eigenvalue weighted by atomic mass is 16.5. The molecule has 0 radical (unpaired) electrons. The van der Waals surface area contributed by atoms with E-state index in [0.29, 0.717) is 19.3 Å². The van der Waals surface area contributed by atoms with Gasteiger partial charge in [-0.2, -0.15) is 0 Å². The van der Waals surface area contributed by atoms with Crippen molar-refractivity contribution in [3.8, 4) is 0 Å². The first-order valence-corrected chi connectivity index (χ1v) is 29.3. The Balaban J connectivity index is 4.49. The predicted octanol–water partition coefficient (Wildman–Crippen LogP) is 17.9. The molecule has 0 spiro atoms. The van der Waals surface area contributed by atoms with E-state index in [9.17, 15) is 19.8 Å². The summed E-state index contributed by atoms with van der Waals surface area (Å²) in [4.78, 5) is 26.3. The lowest BCUT2D eigenvalue weighted by Gasteiger charge is -2.24. The number of carbonyl (C=O) groups excluding carboxylic acids is 2. The second-order valence-corrected chi connectivity index (χ2v) is 20.4. The molecule has 0 bridgehead atoms. The van der Waals surface area contributed by atoms with Gasteiger partial charge in [0.15, 0.2) is 0 Å². The number of ether oxygens (including phenoxy) is 1. The second-order valence-electron chi connectivity index (χ2n) is 20.4. The lowest BCUT2D eigenvalue weighted by molar-refractivity contribution is -0.151. The Morgan fingerprint density at radius 1 is 0.391 bits per heavy atom. The second kappa shape index (κ2) is 52.8. The summed E-state index contributed by atoms with van der Waals surface area (Å²) in [7, 11) is 0. The van der Waals surface area contributed by atoms with Crippen LogP contribution in [0, 0.1) is 0 Å². The zero-order valence-electron chi connectivity index (χ0n) is 43.7. The van der Waals surface area contributed by atoms with Crippen LogP contribution in [0.15, 0.2) is 0 Å². The molecule has 0 aliphatic rings. The Bertz CT molecular complexity index is 928. The minimum absolute atomic E-state index is 0.0887. The van der Waals surface area contributed by atoms with Gasteiger partial charge in [0.05, 0.1) is 25.2 Å². The highest BCUT2D eigenvalue weighted by Crippen LogP contribution is 2.19. The summed E-state index contributed by atoms with van der Waals surface area (Å²) in [6, 6.07) is -0.693. The summed E-state index contributed by atoms with van der Waals surface area (Å²) in [5.74, 6) is -0.444. The van der Waals surface area contributed by atoms with Crippen LogP contribution < -0.4 is 5.32 Å². The van der Waals surface area contributed by atoms with Crippen LogP contribution >= 0.6 is 0 Å². The zero-order valence-corrected chi connectivity index (χ0v) is 43.7. The monoisotopic (exact) mass is 906 g/mol. The van der Waals surface area contributed by atoms with Gasteiger partial charge in [0.25, 0.3) is 0 Å². The Hall–Kier alpha value is -1.14. The van der Waals surface area contributed by atoms with Gasteiger partial charge in [-0.25, -0.2) is 0 Å². The number of aliphatic hydroxyl groups excluding tert-OH is 2. The fourth-order valence-corrected chi connectivity index (χ4v) is 9.49. The fraction of sp³-hybridized carbons (Fsp3) is 0.966. The topological polar surface area (TPSA) is 95.9 Å². The molecule has 3 atom stereocenters. The summed E-state index contributed by atoms with van der Waals surface area (Å²) < 4.78 is 5.97. The summed E-state index contributed by atoms with van der Waals surface area (Å²) in [5, 5.41) is 23.9. The largest absolute Gasteiger partial charge is 0.462 e. The van der Waals surface area contributed by atoms with E-state index in [4.69, 9.17) is 4.74 Å². The molecule has 6 heteroatoms. The molecule has 0 rings (SSSR count). The van der Waals surface area contributed by atoms with E-state index in [2.05, 4.69) is 26.1 Å². The maximum absolute atomic E-state index is 13.3. The third-order valence-electron chi connectivity index (χ3n) is 13.9. The fourth-order valence-electron chi connectivity index (χ4n) is 9.49. The number of aliphatic hydroxyl groups is 2. The van der Waals surface area contributed by atoms with Crippen LogP contribution in [-0.2, 0) is 14.3 Å². The predicted molar refractivity (Wildman–Crippen MR) is 278 cm³/mol. The van der Waals surface area contributed by atoms with E-state index in [0.717, 1.165) is 38.5 Å². The normalized spacial score (nSPS) is 13.0. The van der Waals surface area contributed by atoms with Crippen LogP contribution in [-0.4, -0.2) is 46.9 Å². The number of rotatable bonds is 54. The van der Waals surface area contributed by atoms with Crippen LogP contribution in [0.25, 0.3) is 0 Å². The van der Waals surface area contributed by atoms with Gasteiger partial charge in [0, 0.05) is 6.42 Å². The van der Waals surface area contributed by atoms with Crippen LogP contribution in [0.1, 0.15) is 335 Å². The van der Waals surface area contributed by atoms with Gasteiger partial charge in [-0.1, -0.05) is 297 Å². The van der Waals surface area contributed by atoms with Crippen molar-refractivity contribution < 1.29 is 24.5 Å². The van der Waals surface area contributed by atoms with Gasteiger partial charge in [0.1, 0.15) is 6.10 Å². The molecule has 0 fully saturated rings. The number of carbonyl (C=O) groups is 2. The van der Waals surface area contributed by atoms with E-state index in [-0.39, 0.29) is 24.9 Å². The molecule has 0 aromatic rings. The molecule has 3 N–H and O–H groups in total. The first-order valence-electron chi connectivity index (χ1n) is 29.3. The van der Waals surface area contributed by atoms with Gasteiger partial charge in [-0.05, 0) is 25.7 Å². The van der Waals surface area contributed by atoms with E-state index in [1.54, 1.807) is 0 Å². The molecular weight excluding hydrogens is 791 g/mol. The smallest absolute Gasteiger partial charge is 0.306 e. The van der Waals surface area contributed by atoms with E-state index in [1.165, 1.54) is 250 Å². The van der Waals surface area contributed by atoms with Crippen molar-refractivity contribution in [2.45, 2.75) is 354 Å². The molecule has 382 valence electrons. The molecular formula is C58H115NO5. The average Bonchev–Trinajstić information content (AvgIpc) is 3.29. The Labute approximate surface area is 400 Å². The highest BCUT2D eigenvalue weighted by Gasteiger charge is 2.24. The van der Waals surface area contributed by atoms with Gasteiger partial charge in [-0.15, -0.1) is 0 Å². The lowest BCUT2D eigenvalue weighted by Crippen LogP contribution is -2.46. The van der Waals surface area contributed by atoms with Gasteiger partial charge < -0.3 is 20.3 Å². The van der Waals surface area contributed by atoms with E-state index in [1.807, 2.05) is 0 Å². The quantitative estimate of drug-likeness (QED) is 0.0417. The number of esters is 1. The third kappa shape index (κ3) is 47.4. The molecule has 0 aliphatic carbocycles. The summed E-state index contributed by atoms with van der Waals surface area (Å²) in [6.45, 7) is 6.54. The van der Waals surface area contributed by atoms with Crippen molar-refractivity contribution in [2.24, 2.45) is 0 Å². The molecule has 3 unspecified atom stereocenters.